The minimum atomic E-state index is -4.31. The zero-order valence-electron chi connectivity index (χ0n) is 14.3. The van der Waals surface area contributed by atoms with Crippen LogP contribution >= 0.6 is 0 Å². The number of amides is 1. The van der Waals surface area contributed by atoms with Crippen molar-refractivity contribution in [3.8, 4) is 0 Å². The Morgan fingerprint density at radius 3 is 2.28 bits per heavy atom. The maximum Gasteiger partial charge on any atom is 0.391 e. The Morgan fingerprint density at radius 2 is 1.84 bits per heavy atom. The predicted octanol–water partition coefficient (Wildman–Crippen LogP) is 2.72. The number of aromatic nitrogens is 2. The Bertz CT molecular complexity index is 733. The monoisotopic (exact) mass is 381 g/mol. The number of rotatable bonds is 4. The van der Waals surface area contributed by atoms with E-state index >= 15 is 0 Å². The molecule has 10 heteroatoms. The van der Waals surface area contributed by atoms with E-state index in [0.717, 1.165) is 5.69 Å². The van der Waals surface area contributed by atoms with Gasteiger partial charge in [-0.15, -0.1) is 0 Å². The molecule has 0 radical (unpaired) electrons. The summed E-state index contributed by atoms with van der Waals surface area (Å²) in [6.07, 6.45) is -5.04. The van der Waals surface area contributed by atoms with Gasteiger partial charge in [0.25, 0.3) is 5.91 Å². The van der Waals surface area contributed by atoms with Crippen LogP contribution in [0.1, 0.15) is 61.6 Å². The second kappa shape index (κ2) is 6.97. The van der Waals surface area contributed by atoms with Crippen molar-refractivity contribution in [2.75, 3.05) is 0 Å². The summed E-state index contributed by atoms with van der Waals surface area (Å²) in [6, 6.07) is 1.51. The van der Waals surface area contributed by atoms with Gasteiger partial charge in [-0.25, -0.2) is 13.1 Å². The van der Waals surface area contributed by atoms with E-state index in [1.165, 1.54) is 10.7 Å². The minimum Gasteiger partial charge on any atom is -0.272 e. The van der Waals surface area contributed by atoms with Gasteiger partial charge in [-0.2, -0.15) is 18.3 Å². The van der Waals surface area contributed by atoms with Gasteiger partial charge < -0.3 is 0 Å². The topological polar surface area (TPSA) is 81.1 Å². The minimum absolute atomic E-state index is 0.0289. The first kappa shape index (κ1) is 19.7. The second-order valence-electron chi connectivity index (χ2n) is 6.72. The van der Waals surface area contributed by atoms with Crippen LogP contribution in [0.3, 0.4) is 0 Å². The number of sulfonamides is 1. The van der Waals surface area contributed by atoms with Crippen LogP contribution in [0.2, 0.25) is 0 Å². The molecule has 25 heavy (non-hydrogen) atoms. The smallest absolute Gasteiger partial charge is 0.272 e. The molecule has 142 valence electrons. The number of nitrogens with zero attached hydrogens (tertiary/aromatic N) is 2. The Balaban J connectivity index is 2.04. The van der Waals surface area contributed by atoms with Gasteiger partial charge in [0.2, 0.25) is 10.0 Å². The van der Waals surface area contributed by atoms with Crippen LogP contribution in [-0.2, 0) is 17.1 Å². The average molecular weight is 381 g/mol. The van der Waals surface area contributed by atoms with Crippen LogP contribution in [0.15, 0.2) is 6.07 Å². The average Bonchev–Trinajstić information content (AvgIpc) is 2.88. The highest BCUT2D eigenvalue weighted by Gasteiger charge is 2.44. The lowest BCUT2D eigenvalue weighted by atomic mass is 9.88. The van der Waals surface area contributed by atoms with Gasteiger partial charge in [-0.1, -0.05) is 13.8 Å². The summed E-state index contributed by atoms with van der Waals surface area (Å²) in [4.78, 5) is 12.2. The van der Waals surface area contributed by atoms with E-state index in [0.29, 0.717) is 0 Å². The van der Waals surface area contributed by atoms with Gasteiger partial charge in [-0.3, -0.25) is 9.48 Å². The second-order valence-corrected chi connectivity index (χ2v) is 8.69. The molecular weight excluding hydrogens is 359 g/mol. The highest BCUT2D eigenvalue weighted by Crippen LogP contribution is 2.39. The molecule has 1 heterocycles. The Morgan fingerprint density at radius 1 is 1.28 bits per heavy atom. The molecule has 0 unspecified atom stereocenters. The van der Waals surface area contributed by atoms with Crippen LogP contribution < -0.4 is 4.72 Å². The largest absolute Gasteiger partial charge is 0.391 e. The lowest BCUT2D eigenvalue weighted by Gasteiger charge is -2.29. The number of nitrogens with one attached hydrogen (secondary N) is 1. The molecule has 1 aromatic heterocycles. The zero-order valence-corrected chi connectivity index (χ0v) is 15.1. The zero-order chi connectivity index (χ0) is 19.0. The predicted molar refractivity (Wildman–Crippen MR) is 85.5 cm³/mol. The fraction of sp³-hybridized carbons (Fsp3) is 0.733. The Labute approximate surface area is 144 Å². The van der Waals surface area contributed by atoms with E-state index in [1.54, 1.807) is 7.05 Å². The third kappa shape index (κ3) is 4.53. The number of halogens is 3. The van der Waals surface area contributed by atoms with Gasteiger partial charge in [0.1, 0.15) is 0 Å². The van der Waals surface area contributed by atoms with Crippen molar-refractivity contribution in [1.29, 1.82) is 0 Å². The summed E-state index contributed by atoms with van der Waals surface area (Å²) < 4.78 is 66.1. The molecule has 0 saturated heterocycles. The molecule has 0 aromatic carbocycles. The van der Waals surface area contributed by atoms with E-state index in [9.17, 15) is 26.4 Å². The maximum absolute atomic E-state index is 12.7. The van der Waals surface area contributed by atoms with Crippen molar-refractivity contribution in [1.82, 2.24) is 14.5 Å². The van der Waals surface area contributed by atoms with Crippen molar-refractivity contribution in [3.63, 3.8) is 0 Å². The fourth-order valence-electron chi connectivity index (χ4n) is 3.10. The number of hydrogen-bond acceptors (Lipinski definition) is 4. The van der Waals surface area contributed by atoms with Crippen LogP contribution in [0.5, 0.6) is 0 Å². The van der Waals surface area contributed by atoms with Crippen molar-refractivity contribution < 1.29 is 26.4 Å². The van der Waals surface area contributed by atoms with Gasteiger partial charge in [0.05, 0.1) is 11.2 Å². The number of aryl methyl sites for hydroxylation is 1. The fourth-order valence-corrected chi connectivity index (χ4v) is 4.52. The number of carbonyl (C=O) groups is 1. The molecule has 1 amide bonds. The molecule has 1 N–H and O–H groups in total. The maximum atomic E-state index is 12.7. The van der Waals surface area contributed by atoms with E-state index in [1.807, 2.05) is 18.6 Å². The standard InChI is InChI=1S/C15H22F3N3O3S/c1-9(2)13-8-12(19-21(13)3)14(22)20-25(23,24)11-6-4-10(5-7-11)15(16,17)18/h8-11H,4-7H2,1-3H3,(H,20,22). The summed E-state index contributed by atoms with van der Waals surface area (Å²) >= 11 is 0. The third-order valence-electron chi connectivity index (χ3n) is 4.55. The lowest BCUT2D eigenvalue weighted by Crippen LogP contribution is -2.41. The molecule has 6 nitrogen and oxygen atoms in total. The molecule has 1 saturated carbocycles. The third-order valence-corrected chi connectivity index (χ3v) is 6.37. The molecule has 1 fully saturated rings. The van der Waals surface area contributed by atoms with E-state index < -0.39 is 33.3 Å². The first-order valence-electron chi connectivity index (χ1n) is 8.08. The first-order chi connectivity index (χ1) is 11.4. The molecular formula is C15H22F3N3O3S. The summed E-state index contributed by atoms with van der Waals surface area (Å²) in [5, 5.41) is 3.00. The van der Waals surface area contributed by atoms with Crippen LogP contribution in [0.25, 0.3) is 0 Å². The van der Waals surface area contributed by atoms with Crippen molar-refractivity contribution in [2.24, 2.45) is 13.0 Å². The molecule has 2 rings (SSSR count). The number of alkyl halides is 3. The number of hydrogen-bond donors (Lipinski definition) is 1. The SMILES string of the molecule is CC(C)c1cc(C(=O)NS(=O)(=O)C2CCC(C(F)(F)F)CC2)nn1C. The highest BCUT2D eigenvalue weighted by atomic mass is 32.2. The van der Waals surface area contributed by atoms with Gasteiger partial charge >= 0.3 is 6.18 Å². The molecule has 0 spiro atoms. The summed E-state index contributed by atoms with van der Waals surface area (Å²) in [6.45, 7) is 3.82. The van der Waals surface area contributed by atoms with Gasteiger partial charge in [0, 0.05) is 12.7 Å². The van der Waals surface area contributed by atoms with E-state index in [4.69, 9.17) is 0 Å². The molecule has 1 aliphatic carbocycles. The summed E-state index contributed by atoms with van der Waals surface area (Å²) in [7, 11) is -2.39. The summed E-state index contributed by atoms with van der Waals surface area (Å²) in [5.41, 5.74) is 0.743. The van der Waals surface area contributed by atoms with Crippen molar-refractivity contribution in [2.45, 2.75) is 56.9 Å². The van der Waals surface area contributed by atoms with Gasteiger partial charge in [0.15, 0.2) is 5.69 Å². The lowest BCUT2D eigenvalue weighted by molar-refractivity contribution is -0.181. The quantitative estimate of drug-likeness (QED) is 0.870. The van der Waals surface area contributed by atoms with Gasteiger partial charge in [-0.05, 0) is 37.7 Å². The molecule has 0 bridgehead atoms. The Kier molecular flexibility index (Phi) is 5.50. The molecule has 0 aliphatic heterocycles. The van der Waals surface area contributed by atoms with Crippen LogP contribution in [0.4, 0.5) is 13.2 Å². The van der Waals surface area contributed by atoms with Crippen molar-refractivity contribution in [3.05, 3.63) is 17.5 Å². The molecule has 1 aliphatic rings. The normalized spacial score (nSPS) is 22.2. The Hall–Kier alpha value is -1.58. The van der Waals surface area contributed by atoms with E-state index in [-0.39, 0.29) is 37.3 Å². The first-order valence-corrected chi connectivity index (χ1v) is 9.63. The molecule has 0 atom stereocenters. The van der Waals surface area contributed by atoms with Crippen LogP contribution in [0, 0.1) is 5.92 Å². The molecule has 1 aromatic rings. The van der Waals surface area contributed by atoms with Crippen LogP contribution in [-0.4, -0.2) is 35.5 Å². The summed E-state index contributed by atoms with van der Waals surface area (Å²) in [5.74, 6) is -2.23. The highest BCUT2D eigenvalue weighted by molar-refractivity contribution is 7.90. The van der Waals surface area contributed by atoms with E-state index in [2.05, 4.69) is 5.10 Å². The number of carbonyl (C=O) groups excluding carboxylic acids is 1. The van der Waals surface area contributed by atoms with Crippen molar-refractivity contribution >= 4 is 15.9 Å².